The number of rotatable bonds is 8. The van der Waals surface area contributed by atoms with Crippen LogP contribution in [0.25, 0.3) is 0 Å². The Bertz CT molecular complexity index is 568. The van der Waals surface area contributed by atoms with Gasteiger partial charge in [0.2, 0.25) is 0 Å². The van der Waals surface area contributed by atoms with Crippen molar-refractivity contribution in [1.82, 2.24) is 5.32 Å². The van der Waals surface area contributed by atoms with Crippen LogP contribution in [-0.2, 0) is 19.6 Å². The van der Waals surface area contributed by atoms with E-state index in [1.54, 1.807) is 0 Å². The number of benzene rings is 1. The second-order valence-corrected chi connectivity index (χ2v) is 7.05. The van der Waals surface area contributed by atoms with Crippen molar-refractivity contribution >= 4 is 27.3 Å². The molecule has 0 bridgehead atoms. The van der Waals surface area contributed by atoms with Crippen LogP contribution in [-0.4, -0.2) is 6.54 Å². The molecule has 1 aromatic heterocycles. The second-order valence-electron chi connectivity index (χ2n) is 4.94. The molecule has 21 heavy (non-hydrogen) atoms. The summed E-state index contributed by atoms with van der Waals surface area (Å²) in [5.41, 5.74) is 1.24. The smallest absolute Gasteiger partial charge is 0.122 e. The van der Waals surface area contributed by atoms with Gasteiger partial charge in [0, 0.05) is 20.8 Å². The number of hydrogen-bond acceptors (Lipinski definition) is 3. The highest BCUT2D eigenvalue weighted by atomic mass is 79.9. The van der Waals surface area contributed by atoms with Crippen molar-refractivity contribution in [2.75, 3.05) is 6.54 Å². The summed E-state index contributed by atoms with van der Waals surface area (Å²) in [5.74, 6) is 0.929. The Morgan fingerprint density at radius 2 is 1.95 bits per heavy atom. The maximum Gasteiger partial charge on any atom is 0.122 e. The second kappa shape index (κ2) is 8.57. The number of nitrogens with one attached hydrogen (secondary N) is 1. The van der Waals surface area contributed by atoms with Gasteiger partial charge >= 0.3 is 0 Å². The third kappa shape index (κ3) is 5.13. The van der Waals surface area contributed by atoms with Crippen LogP contribution in [0.2, 0.25) is 0 Å². The van der Waals surface area contributed by atoms with E-state index < -0.39 is 0 Å². The van der Waals surface area contributed by atoms with E-state index in [4.69, 9.17) is 4.74 Å². The Labute approximate surface area is 139 Å². The summed E-state index contributed by atoms with van der Waals surface area (Å²) < 4.78 is 7.04. The van der Waals surface area contributed by atoms with Crippen molar-refractivity contribution in [2.24, 2.45) is 0 Å². The molecule has 2 aromatic rings. The van der Waals surface area contributed by atoms with E-state index in [1.165, 1.54) is 15.3 Å². The quantitative estimate of drug-likeness (QED) is 0.651. The molecule has 2 rings (SSSR count). The molecule has 0 aliphatic rings. The van der Waals surface area contributed by atoms with Gasteiger partial charge in [-0.3, -0.25) is 0 Å². The fraction of sp³-hybridized carbons (Fsp3) is 0.412. The molecule has 0 aliphatic heterocycles. The van der Waals surface area contributed by atoms with Gasteiger partial charge in [0.25, 0.3) is 0 Å². The summed E-state index contributed by atoms with van der Waals surface area (Å²) in [5, 5.41) is 3.42. The van der Waals surface area contributed by atoms with Crippen LogP contribution in [0.5, 0.6) is 5.75 Å². The molecule has 0 fully saturated rings. The molecule has 1 heterocycles. The minimum Gasteiger partial charge on any atom is -0.488 e. The van der Waals surface area contributed by atoms with Gasteiger partial charge in [0.05, 0.1) is 0 Å². The molecule has 0 saturated carbocycles. The highest BCUT2D eigenvalue weighted by Crippen LogP contribution is 2.24. The van der Waals surface area contributed by atoms with E-state index in [-0.39, 0.29) is 0 Å². The monoisotopic (exact) mass is 367 g/mol. The largest absolute Gasteiger partial charge is 0.488 e. The lowest BCUT2D eigenvalue weighted by Gasteiger charge is -2.10. The van der Waals surface area contributed by atoms with Gasteiger partial charge in [0.15, 0.2) is 0 Å². The van der Waals surface area contributed by atoms with Crippen molar-refractivity contribution in [3.63, 3.8) is 0 Å². The molecule has 0 spiro atoms. The maximum absolute atomic E-state index is 5.91. The number of ether oxygens (including phenoxy) is 1. The Hall–Kier alpha value is -0.840. The van der Waals surface area contributed by atoms with E-state index in [0.717, 1.165) is 36.2 Å². The van der Waals surface area contributed by atoms with Crippen LogP contribution in [0.1, 0.15) is 35.6 Å². The molecule has 2 nitrogen and oxygen atoms in total. The van der Waals surface area contributed by atoms with E-state index in [1.807, 2.05) is 17.4 Å². The van der Waals surface area contributed by atoms with Crippen molar-refractivity contribution in [3.05, 3.63) is 50.1 Å². The summed E-state index contributed by atoms with van der Waals surface area (Å²) in [6.07, 6.45) is 2.24. The van der Waals surface area contributed by atoms with E-state index in [2.05, 4.69) is 59.4 Å². The van der Waals surface area contributed by atoms with Gasteiger partial charge in [-0.1, -0.05) is 29.8 Å². The average molecular weight is 368 g/mol. The Morgan fingerprint density at radius 3 is 2.67 bits per heavy atom. The zero-order chi connectivity index (χ0) is 15.1. The molecule has 1 aromatic carbocycles. The average Bonchev–Trinajstić information content (AvgIpc) is 2.96. The maximum atomic E-state index is 5.91. The summed E-state index contributed by atoms with van der Waals surface area (Å²) in [7, 11) is 0. The summed E-state index contributed by atoms with van der Waals surface area (Å²) in [4.78, 5) is 2.69. The number of aryl methyl sites for hydroxylation is 1. The molecule has 0 unspecified atom stereocenters. The lowest BCUT2D eigenvalue weighted by atomic mass is 10.2. The first-order valence-corrected chi connectivity index (χ1v) is 9.03. The molecule has 114 valence electrons. The standard InChI is InChI=1S/C17H22BrNOS/c1-3-9-19-11-13-10-14(5-8-17(13)18)20-12-16-7-6-15(4-2)21-16/h5-8,10,19H,3-4,9,11-12H2,1-2H3. The molecule has 0 amide bonds. The fourth-order valence-electron chi connectivity index (χ4n) is 2.02. The zero-order valence-electron chi connectivity index (χ0n) is 12.6. The lowest BCUT2D eigenvalue weighted by Crippen LogP contribution is -2.14. The first-order valence-electron chi connectivity index (χ1n) is 7.42. The number of halogens is 1. The lowest BCUT2D eigenvalue weighted by molar-refractivity contribution is 0.309. The topological polar surface area (TPSA) is 21.3 Å². The van der Waals surface area contributed by atoms with Crippen LogP contribution in [0.4, 0.5) is 0 Å². The fourth-order valence-corrected chi connectivity index (χ4v) is 3.28. The van der Waals surface area contributed by atoms with Crippen LogP contribution >= 0.6 is 27.3 Å². The van der Waals surface area contributed by atoms with E-state index >= 15 is 0 Å². The van der Waals surface area contributed by atoms with Gasteiger partial charge in [-0.05, 0) is 55.3 Å². The predicted octanol–water partition coefficient (Wildman–Crippen LogP) is 5.15. The van der Waals surface area contributed by atoms with Crippen LogP contribution in [0, 0.1) is 0 Å². The number of hydrogen-bond donors (Lipinski definition) is 1. The molecule has 1 N–H and O–H groups in total. The van der Waals surface area contributed by atoms with E-state index in [0.29, 0.717) is 6.61 Å². The Kier molecular flexibility index (Phi) is 6.74. The molecule has 0 atom stereocenters. The molecule has 4 heteroatoms. The molecular weight excluding hydrogens is 346 g/mol. The highest BCUT2D eigenvalue weighted by Gasteiger charge is 2.04. The summed E-state index contributed by atoms with van der Waals surface area (Å²) in [6, 6.07) is 10.5. The highest BCUT2D eigenvalue weighted by molar-refractivity contribution is 9.10. The SMILES string of the molecule is CCCNCc1cc(OCc2ccc(CC)s2)ccc1Br. The Morgan fingerprint density at radius 1 is 1.14 bits per heavy atom. The first-order chi connectivity index (χ1) is 10.2. The third-order valence-corrected chi connectivity index (χ3v) is 5.18. The van der Waals surface area contributed by atoms with Gasteiger partial charge in [-0.25, -0.2) is 0 Å². The molecule has 0 saturated heterocycles. The minimum atomic E-state index is 0.647. The summed E-state index contributed by atoms with van der Waals surface area (Å²) in [6.45, 7) is 6.90. The van der Waals surface area contributed by atoms with Gasteiger partial charge in [-0.15, -0.1) is 11.3 Å². The van der Waals surface area contributed by atoms with Crippen molar-refractivity contribution in [2.45, 2.75) is 39.8 Å². The van der Waals surface area contributed by atoms with Crippen molar-refractivity contribution in [1.29, 1.82) is 0 Å². The Balaban J connectivity index is 1.94. The van der Waals surface area contributed by atoms with Gasteiger partial charge in [-0.2, -0.15) is 0 Å². The number of thiophene rings is 1. The van der Waals surface area contributed by atoms with Gasteiger partial charge < -0.3 is 10.1 Å². The molecule has 0 radical (unpaired) electrons. The minimum absolute atomic E-state index is 0.647. The molecular formula is C17H22BrNOS. The van der Waals surface area contributed by atoms with Gasteiger partial charge in [0.1, 0.15) is 12.4 Å². The first kappa shape index (κ1) is 16.5. The van der Waals surface area contributed by atoms with Crippen molar-refractivity contribution < 1.29 is 4.74 Å². The molecule has 0 aliphatic carbocycles. The van der Waals surface area contributed by atoms with Crippen LogP contribution in [0.3, 0.4) is 0 Å². The summed E-state index contributed by atoms with van der Waals surface area (Å²) >= 11 is 5.43. The van der Waals surface area contributed by atoms with Crippen LogP contribution < -0.4 is 10.1 Å². The zero-order valence-corrected chi connectivity index (χ0v) is 15.0. The predicted molar refractivity (Wildman–Crippen MR) is 94.2 cm³/mol. The van der Waals surface area contributed by atoms with Crippen LogP contribution in [0.15, 0.2) is 34.8 Å². The normalized spacial score (nSPS) is 10.8. The van der Waals surface area contributed by atoms with E-state index in [9.17, 15) is 0 Å². The van der Waals surface area contributed by atoms with Crippen molar-refractivity contribution in [3.8, 4) is 5.75 Å². The third-order valence-electron chi connectivity index (χ3n) is 3.21.